The predicted molar refractivity (Wildman–Crippen MR) is 153 cm³/mol. The molecule has 1 aliphatic rings. The van der Waals surface area contributed by atoms with Gasteiger partial charge in [-0.15, -0.1) is 10.2 Å². The van der Waals surface area contributed by atoms with Crippen LogP contribution in [0.25, 0.3) is 28.5 Å². The summed E-state index contributed by atoms with van der Waals surface area (Å²) in [6.07, 6.45) is 3.63. The molecule has 0 aliphatic heterocycles. The number of rotatable bonds is 6. The van der Waals surface area contributed by atoms with E-state index in [1.165, 1.54) is 0 Å². The van der Waals surface area contributed by atoms with Crippen molar-refractivity contribution in [3.63, 3.8) is 0 Å². The summed E-state index contributed by atoms with van der Waals surface area (Å²) in [7, 11) is 0. The monoisotopic (exact) mass is 582 g/mol. The Labute approximate surface area is 240 Å². The third kappa shape index (κ3) is 4.32. The van der Waals surface area contributed by atoms with Crippen LogP contribution in [0, 0.1) is 0 Å². The molecule has 5 nitrogen and oxygen atoms in total. The lowest BCUT2D eigenvalue weighted by molar-refractivity contribution is 0.241. The van der Waals surface area contributed by atoms with Crippen LogP contribution >= 0.6 is 46.4 Å². The van der Waals surface area contributed by atoms with Gasteiger partial charge >= 0.3 is 0 Å². The van der Waals surface area contributed by atoms with Gasteiger partial charge in [-0.05, 0) is 67.3 Å². The van der Waals surface area contributed by atoms with Crippen LogP contribution in [0.5, 0.6) is 0 Å². The predicted octanol–water partition coefficient (Wildman–Crippen LogP) is 9.24. The van der Waals surface area contributed by atoms with Gasteiger partial charge in [-0.2, -0.15) is 5.10 Å². The van der Waals surface area contributed by atoms with E-state index in [0.717, 1.165) is 41.6 Å². The van der Waals surface area contributed by atoms with Crippen LogP contribution in [0.2, 0.25) is 20.1 Å². The van der Waals surface area contributed by atoms with E-state index in [1.807, 2.05) is 59.3 Å². The van der Waals surface area contributed by atoms with Gasteiger partial charge in [-0.1, -0.05) is 84.0 Å². The number of aromatic nitrogens is 4. The highest BCUT2D eigenvalue weighted by atomic mass is 35.5. The number of hydrogen-bond donors (Lipinski definition) is 0. The van der Waals surface area contributed by atoms with Crippen LogP contribution < -0.4 is 0 Å². The summed E-state index contributed by atoms with van der Waals surface area (Å²) in [5, 5.41) is 16.4. The van der Waals surface area contributed by atoms with Gasteiger partial charge in [0.2, 0.25) is 5.89 Å². The Hall–Kier alpha value is -2.83. The standard InChI is InChI=1S/C29H22Cl4N4O/c1-2-22-25(27-34-35-28(38-27)29(14-3-15-29)18-6-10-20(31)11-7-18)36-37(24-13-12-21(32)16-23(24)33)26(22)17-4-8-19(30)9-5-17/h4-13,16H,2-3,14-15H2,1H3. The highest BCUT2D eigenvalue weighted by molar-refractivity contribution is 6.35. The Bertz CT molecular complexity index is 1620. The van der Waals surface area contributed by atoms with Gasteiger partial charge in [0.15, 0.2) is 5.69 Å². The molecule has 0 bridgehead atoms. The highest BCUT2D eigenvalue weighted by Gasteiger charge is 2.45. The third-order valence-corrected chi connectivity index (χ3v) is 8.28. The molecule has 3 aromatic carbocycles. The maximum Gasteiger partial charge on any atom is 0.268 e. The molecule has 0 spiro atoms. The van der Waals surface area contributed by atoms with Crippen LogP contribution in [-0.4, -0.2) is 20.0 Å². The average molecular weight is 584 g/mol. The van der Waals surface area contributed by atoms with Gasteiger partial charge < -0.3 is 4.42 Å². The van der Waals surface area contributed by atoms with Crippen molar-refractivity contribution < 1.29 is 4.42 Å². The van der Waals surface area contributed by atoms with E-state index < -0.39 is 0 Å². The van der Waals surface area contributed by atoms with E-state index in [2.05, 4.69) is 17.1 Å². The lowest BCUT2D eigenvalue weighted by atomic mass is 9.64. The van der Waals surface area contributed by atoms with E-state index >= 15 is 0 Å². The van der Waals surface area contributed by atoms with Crippen LogP contribution in [0.1, 0.15) is 43.2 Å². The molecule has 1 saturated carbocycles. The van der Waals surface area contributed by atoms with Gasteiger partial charge in [0.25, 0.3) is 5.89 Å². The molecule has 0 unspecified atom stereocenters. The van der Waals surface area contributed by atoms with Crippen molar-refractivity contribution in [1.82, 2.24) is 20.0 Å². The van der Waals surface area contributed by atoms with Gasteiger partial charge in [0, 0.05) is 26.2 Å². The summed E-state index contributed by atoms with van der Waals surface area (Å²) >= 11 is 25.2. The van der Waals surface area contributed by atoms with Crippen molar-refractivity contribution in [3.8, 4) is 28.5 Å². The zero-order valence-corrected chi connectivity index (χ0v) is 23.4. The van der Waals surface area contributed by atoms with Crippen molar-refractivity contribution >= 4 is 46.4 Å². The maximum atomic E-state index is 6.64. The molecule has 0 N–H and O–H groups in total. The van der Waals surface area contributed by atoms with Gasteiger partial charge in [-0.25, -0.2) is 4.68 Å². The zero-order valence-electron chi connectivity index (χ0n) is 20.4. The lowest BCUT2D eigenvalue weighted by Crippen LogP contribution is -2.35. The van der Waals surface area contributed by atoms with E-state index in [4.69, 9.17) is 55.9 Å². The minimum atomic E-state index is -0.316. The number of benzene rings is 3. The Kier molecular flexibility index (Phi) is 6.73. The fraction of sp³-hybridized carbons (Fsp3) is 0.207. The minimum Gasteiger partial charge on any atom is -0.418 e. The van der Waals surface area contributed by atoms with Crippen LogP contribution in [0.4, 0.5) is 0 Å². The van der Waals surface area contributed by atoms with Crippen molar-refractivity contribution in [2.75, 3.05) is 0 Å². The van der Waals surface area contributed by atoms with Crippen LogP contribution in [0.15, 0.2) is 71.1 Å². The summed E-state index contributed by atoms with van der Waals surface area (Å²) in [6, 6.07) is 20.9. The Morgan fingerprint density at radius 2 is 1.50 bits per heavy atom. The smallest absolute Gasteiger partial charge is 0.268 e. The van der Waals surface area contributed by atoms with E-state index in [-0.39, 0.29) is 5.41 Å². The molecule has 2 heterocycles. The van der Waals surface area contributed by atoms with Crippen molar-refractivity contribution in [2.24, 2.45) is 0 Å². The largest absolute Gasteiger partial charge is 0.418 e. The quantitative estimate of drug-likeness (QED) is 0.200. The number of nitrogens with zero attached hydrogens (tertiary/aromatic N) is 4. The molecule has 0 radical (unpaired) electrons. The molecule has 1 aliphatic carbocycles. The molecule has 2 aromatic heterocycles. The third-order valence-electron chi connectivity index (χ3n) is 7.23. The van der Waals surface area contributed by atoms with Crippen molar-refractivity contribution in [2.45, 2.75) is 38.0 Å². The molecule has 0 saturated heterocycles. The molecule has 192 valence electrons. The van der Waals surface area contributed by atoms with Crippen LogP contribution in [-0.2, 0) is 11.8 Å². The topological polar surface area (TPSA) is 56.7 Å². The van der Waals surface area contributed by atoms with Crippen LogP contribution in [0.3, 0.4) is 0 Å². The van der Waals surface area contributed by atoms with E-state index in [1.54, 1.807) is 12.1 Å². The molecule has 38 heavy (non-hydrogen) atoms. The van der Waals surface area contributed by atoms with Crippen molar-refractivity contribution in [1.29, 1.82) is 0 Å². The van der Waals surface area contributed by atoms with Crippen molar-refractivity contribution in [3.05, 3.63) is 104 Å². The summed E-state index contributed by atoms with van der Waals surface area (Å²) < 4.78 is 8.22. The first-order chi connectivity index (χ1) is 18.4. The molecule has 0 atom stereocenters. The second-order valence-electron chi connectivity index (χ2n) is 9.40. The molecule has 5 aromatic rings. The first kappa shape index (κ1) is 25.4. The van der Waals surface area contributed by atoms with Gasteiger partial charge in [-0.3, -0.25) is 0 Å². The molecule has 0 amide bonds. The fourth-order valence-electron chi connectivity index (χ4n) is 5.13. The normalized spacial score (nSPS) is 14.4. The molecular formula is C29H22Cl4N4O. The fourth-order valence-corrected chi connectivity index (χ4v) is 5.87. The van der Waals surface area contributed by atoms with Gasteiger partial charge in [0.05, 0.1) is 21.8 Å². The first-order valence-corrected chi connectivity index (χ1v) is 13.8. The molecule has 9 heteroatoms. The highest BCUT2D eigenvalue weighted by Crippen LogP contribution is 2.49. The number of hydrogen-bond acceptors (Lipinski definition) is 4. The summed E-state index contributed by atoms with van der Waals surface area (Å²) in [6.45, 7) is 2.08. The summed E-state index contributed by atoms with van der Waals surface area (Å²) in [5.41, 5.74) is 4.89. The second kappa shape index (κ2) is 10.0. The summed E-state index contributed by atoms with van der Waals surface area (Å²) in [4.78, 5) is 0. The first-order valence-electron chi connectivity index (χ1n) is 12.3. The van der Waals surface area contributed by atoms with Gasteiger partial charge in [0.1, 0.15) is 0 Å². The zero-order chi connectivity index (χ0) is 26.4. The maximum absolute atomic E-state index is 6.64. The Morgan fingerprint density at radius 1 is 0.842 bits per heavy atom. The minimum absolute atomic E-state index is 0.316. The summed E-state index contributed by atoms with van der Waals surface area (Å²) in [5.74, 6) is 0.964. The Balaban J connectivity index is 1.51. The second-order valence-corrected chi connectivity index (χ2v) is 11.1. The lowest BCUT2D eigenvalue weighted by Gasteiger charge is -2.39. The van der Waals surface area contributed by atoms with E-state index in [9.17, 15) is 0 Å². The molecule has 1 fully saturated rings. The molecule has 6 rings (SSSR count). The molecular weight excluding hydrogens is 562 g/mol. The average Bonchev–Trinajstić information content (AvgIpc) is 3.50. The Morgan fingerprint density at radius 3 is 2.11 bits per heavy atom. The van der Waals surface area contributed by atoms with E-state index in [0.29, 0.717) is 49.7 Å². The SMILES string of the molecule is CCc1c(-c2nnc(C3(c4ccc(Cl)cc4)CCC3)o2)nn(-c2ccc(Cl)cc2Cl)c1-c1ccc(Cl)cc1. The number of halogens is 4.